The summed E-state index contributed by atoms with van der Waals surface area (Å²) < 4.78 is 5.18. The van der Waals surface area contributed by atoms with Gasteiger partial charge in [-0.2, -0.15) is 0 Å². The summed E-state index contributed by atoms with van der Waals surface area (Å²) in [4.78, 5) is 24.9. The first-order chi connectivity index (χ1) is 8.35. The Morgan fingerprint density at radius 2 is 2.00 bits per heavy atom. The Morgan fingerprint density at radius 3 is 2.50 bits per heavy atom. The first kappa shape index (κ1) is 13.3. The maximum absolute atomic E-state index is 12.4. The van der Waals surface area contributed by atoms with Gasteiger partial charge in [0.25, 0.3) is 0 Å². The summed E-state index contributed by atoms with van der Waals surface area (Å²) in [5, 5.41) is 9.09. The van der Waals surface area contributed by atoms with Crippen LogP contribution in [0.15, 0.2) is 0 Å². The number of aliphatic carboxylic acids is 1. The van der Waals surface area contributed by atoms with Gasteiger partial charge in [-0.15, -0.1) is 0 Å². The molecule has 3 unspecified atom stereocenters. The summed E-state index contributed by atoms with van der Waals surface area (Å²) in [6, 6.07) is -0.420. The molecule has 3 atom stereocenters. The van der Waals surface area contributed by atoms with Gasteiger partial charge in [-0.3, -0.25) is 9.59 Å². The molecule has 0 aromatic rings. The Balaban J connectivity index is 2.08. The van der Waals surface area contributed by atoms with E-state index in [4.69, 9.17) is 15.6 Å². The first-order valence-corrected chi connectivity index (χ1v) is 6.22. The van der Waals surface area contributed by atoms with Crippen LogP contribution in [0.25, 0.3) is 0 Å². The second kappa shape index (κ2) is 4.51. The highest BCUT2D eigenvalue weighted by atomic mass is 16.5. The quantitative estimate of drug-likeness (QED) is 0.718. The van der Waals surface area contributed by atoms with E-state index in [0.29, 0.717) is 0 Å². The van der Waals surface area contributed by atoms with Crippen molar-refractivity contribution in [3.63, 3.8) is 0 Å². The molecule has 0 radical (unpaired) electrons. The van der Waals surface area contributed by atoms with E-state index in [9.17, 15) is 9.59 Å². The van der Waals surface area contributed by atoms with E-state index in [2.05, 4.69) is 0 Å². The number of carbonyl (C=O) groups excluding carboxylic acids is 1. The molecule has 0 aromatic carbocycles. The number of carbonyl (C=O) groups is 2. The molecule has 2 rings (SSSR count). The van der Waals surface area contributed by atoms with Crippen molar-refractivity contribution < 1.29 is 19.4 Å². The van der Waals surface area contributed by atoms with E-state index in [1.165, 1.54) is 4.90 Å². The number of hydrogen-bond acceptors (Lipinski definition) is 4. The maximum atomic E-state index is 12.4. The number of nitrogens with zero attached hydrogens (tertiary/aromatic N) is 1. The minimum atomic E-state index is -0.928. The van der Waals surface area contributed by atoms with Crippen LogP contribution in [-0.2, 0) is 14.3 Å². The van der Waals surface area contributed by atoms with Crippen LogP contribution < -0.4 is 5.73 Å². The summed E-state index contributed by atoms with van der Waals surface area (Å²) in [7, 11) is 1.62. The predicted molar refractivity (Wildman–Crippen MR) is 63.8 cm³/mol. The van der Waals surface area contributed by atoms with Crippen molar-refractivity contribution in [2.45, 2.75) is 31.3 Å². The number of nitrogens with two attached hydrogens (primary N) is 1. The minimum Gasteiger partial charge on any atom is -0.481 e. The van der Waals surface area contributed by atoms with E-state index in [1.807, 2.05) is 0 Å². The highest BCUT2D eigenvalue weighted by Gasteiger charge is 2.48. The van der Waals surface area contributed by atoms with Gasteiger partial charge in [-0.25, -0.2) is 0 Å². The van der Waals surface area contributed by atoms with E-state index < -0.39 is 23.5 Å². The van der Waals surface area contributed by atoms with Gasteiger partial charge < -0.3 is 20.5 Å². The predicted octanol–water partition coefficient (Wildman–Crippen LogP) is -0.328. The maximum Gasteiger partial charge on any atom is 0.311 e. The van der Waals surface area contributed by atoms with Crippen molar-refractivity contribution in [3.8, 4) is 0 Å². The zero-order valence-electron chi connectivity index (χ0n) is 10.8. The van der Waals surface area contributed by atoms with Crippen LogP contribution in [0.5, 0.6) is 0 Å². The molecule has 3 N–H and O–H groups in total. The fourth-order valence-corrected chi connectivity index (χ4v) is 2.55. The molecule has 1 amide bonds. The lowest BCUT2D eigenvalue weighted by Gasteiger charge is -2.33. The average molecular weight is 256 g/mol. The fraction of sp³-hybridized carbons (Fsp3) is 0.833. The smallest absolute Gasteiger partial charge is 0.311 e. The van der Waals surface area contributed by atoms with Crippen LogP contribution in [0.3, 0.4) is 0 Å². The SMILES string of the molecule is CN(C(=O)C(C)(N)C1CC1)C1COCC1C(=O)O. The van der Waals surface area contributed by atoms with E-state index in [-0.39, 0.29) is 25.0 Å². The van der Waals surface area contributed by atoms with Crippen molar-refractivity contribution in [1.29, 1.82) is 0 Å². The van der Waals surface area contributed by atoms with Crippen molar-refractivity contribution in [2.24, 2.45) is 17.6 Å². The van der Waals surface area contributed by atoms with Crippen LogP contribution in [0.4, 0.5) is 0 Å². The average Bonchev–Trinajstić information content (AvgIpc) is 3.05. The number of carboxylic acids is 1. The zero-order valence-corrected chi connectivity index (χ0v) is 10.8. The lowest BCUT2D eigenvalue weighted by atomic mass is 9.93. The highest BCUT2D eigenvalue weighted by molar-refractivity contribution is 5.87. The number of carboxylic acid groups (broad SMARTS) is 1. The summed E-state index contributed by atoms with van der Waals surface area (Å²) in [6.45, 7) is 2.15. The van der Waals surface area contributed by atoms with E-state index >= 15 is 0 Å². The summed E-state index contributed by atoms with van der Waals surface area (Å²) in [5.74, 6) is -1.55. The van der Waals surface area contributed by atoms with Crippen molar-refractivity contribution in [2.75, 3.05) is 20.3 Å². The Hall–Kier alpha value is -1.14. The van der Waals surface area contributed by atoms with Gasteiger partial charge in [0.2, 0.25) is 5.91 Å². The normalized spacial score (nSPS) is 30.8. The van der Waals surface area contributed by atoms with Gasteiger partial charge in [-0.1, -0.05) is 0 Å². The molecule has 2 fully saturated rings. The molecule has 102 valence electrons. The lowest BCUT2D eigenvalue weighted by Crippen LogP contribution is -2.57. The summed E-state index contributed by atoms with van der Waals surface area (Å²) in [5.41, 5.74) is 5.19. The largest absolute Gasteiger partial charge is 0.481 e. The Kier molecular flexibility index (Phi) is 3.33. The van der Waals surface area contributed by atoms with Gasteiger partial charge >= 0.3 is 5.97 Å². The van der Waals surface area contributed by atoms with Gasteiger partial charge in [-0.05, 0) is 25.7 Å². The van der Waals surface area contributed by atoms with Gasteiger partial charge in [0.1, 0.15) is 5.92 Å². The molecule has 2 aliphatic rings. The van der Waals surface area contributed by atoms with Crippen LogP contribution >= 0.6 is 0 Å². The second-order valence-electron chi connectivity index (χ2n) is 5.52. The Bertz CT molecular complexity index is 365. The molecule has 1 saturated heterocycles. The van der Waals surface area contributed by atoms with Crippen LogP contribution in [0, 0.1) is 11.8 Å². The fourth-order valence-electron chi connectivity index (χ4n) is 2.55. The van der Waals surface area contributed by atoms with Crippen molar-refractivity contribution in [1.82, 2.24) is 4.90 Å². The van der Waals surface area contributed by atoms with Gasteiger partial charge in [0.15, 0.2) is 0 Å². The minimum absolute atomic E-state index is 0.155. The third kappa shape index (κ3) is 2.22. The molecule has 1 saturated carbocycles. The summed E-state index contributed by atoms with van der Waals surface area (Å²) >= 11 is 0. The molecule has 18 heavy (non-hydrogen) atoms. The molecule has 0 spiro atoms. The van der Waals surface area contributed by atoms with E-state index in [0.717, 1.165) is 12.8 Å². The molecule has 6 nitrogen and oxygen atoms in total. The molecule has 0 bridgehead atoms. The molecule has 6 heteroatoms. The van der Waals surface area contributed by atoms with Crippen LogP contribution in [0.1, 0.15) is 19.8 Å². The number of ether oxygens (including phenoxy) is 1. The standard InChI is InChI=1S/C12H20N2O4/c1-12(13,7-3-4-7)11(17)14(2)9-6-18-5-8(9)10(15)16/h7-9H,3-6,13H2,1-2H3,(H,15,16). The van der Waals surface area contributed by atoms with Gasteiger partial charge in [0.05, 0.1) is 24.8 Å². The second-order valence-corrected chi connectivity index (χ2v) is 5.52. The molecule has 1 heterocycles. The molecule has 1 aliphatic carbocycles. The van der Waals surface area contributed by atoms with Gasteiger partial charge in [0, 0.05) is 7.05 Å². The van der Waals surface area contributed by atoms with Crippen molar-refractivity contribution >= 4 is 11.9 Å². The Morgan fingerprint density at radius 1 is 1.39 bits per heavy atom. The van der Waals surface area contributed by atoms with Crippen LogP contribution in [0.2, 0.25) is 0 Å². The number of likely N-dealkylation sites (N-methyl/N-ethyl adjacent to an activating group) is 1. The number of rotatable bonds is 4. The molecule has 0 aromatic heterocycles. The zero-order chi connectivity index (χ0) is 13.5. The molecular formula is C12H20N2O4. The third-order valence-electron chi connectivity index (χ3n) is 4.07. The molecular weight excluding hydrogens is 236 g/mol. The topological polar surface area (TPSA) is 92.9 Å². The monoisotopic (exact) mass is 256 g/mol. The van der Waals surface area contributed by atoms with Crippen LogP contribution in [-0.4, -0.2) is 53.7 Å². The van der Waals surface area contributed by atoms with Crippen molar-refractivity contribution in [3.05, 3.63) is 0 Å². The Labute approximate surface area is 106 Å². The third-order valence-corrected chi connectivity index (χ3v) is 4.07. The highest BCUT2D eigenvalue weighted by Crippen LogP contribution is 2.39. The first-order valence-electron chi connectivity index (χ1n) is 6.22. The summed E-state index contributed by atoms with van der Waals surface area (Å²) in [6.07, 6.45) is 1.94. The number of hydrogen-bond donors (Lipinski definition) is 2. The van der Waals surface area contributed by atoms with E-state index in [1.54, 1.807) is 14.0 Å². The molecule has 1 aliphatic heterocycles. The number of amides is 1. The lowest BCUT2D eigenvalue weighted by molar-refractivity contribution is -0.146.